The highest BCUT2D eigenvalue weighted by atomic mass is 14.6. The first kappa shape index (κ1) is 19.3. The first-order valence-corrected chi connectivity index (χ1v) is 12.2. The molecule has 0 spiro atoms. The van der Waals surface area contributed by atoms with Gasteiger partial charge >= 0.3 is 0 Å². The summed E-state index contributed by atoms with van der Waals surface area (Å²) in [6.45, 7) is 15.4. The van der Waals surface area contributed by atoms with Crippen molar-refractivity contribution in [2.24, 2.45) is 51.8 Å². The van der Waals surface area contributed by atoms with Gasteiger partial charge in [-0.1, -0.05) is 54.4 Å². The minimum absolute atomic E-state index is 0.485. The molecule has 0 N–H and O–H groups in total. The molecule has 0 radical (unpaired) electrons. The molecule has 0 aliphatic heterocycles. The van der Waals surface area contributed by atoms with E-state index in [1.807, 2.05) is 0 Å². The van der Waals surface area contributed by atoms with Crippen molar-refractivity contribution in [2.75, 3.05) is 0 Å². The lowest BCUT2D eigenvalue weighted by molar-refractivity contribution is -0.115. The minimum atomic E-state index is 0.485. The SMILES string of the molecule is CC(CC(C)(C)C)C1CCC2C3CCC4CCCCC4(C)C3CCC12C. The highest BCUT2D eigenvalue weighted by Gasteiger charge is 2.60. The van der Waals surface area contributed by atoms with Gasteiger partial charge in [-0.3, -0.25) is 0 Å². The fourth-order valence-corrected chi connectivity index (χ4v) is 9.38. The zero-order chi connectivity index (χ0) is 18.7. The molecule has 0 aromatic carbocycles. The third-order valence-electron chi connectivity index (χ3n) is 10.3. The summed E-state index contributed by atoms with van der Waals surface area (Å²) >= 11 is 0. The van der Waals surface area contributed by atoms with Crippen molar-refractivity contribution >= 4 is 0 Å². The predicted molar refractivity (Wildman–Crippen MR) is 113 cm³/mol. The molecule has 0 nitrogen and oxygen atoms in total. The third-order valence-corrected chi connectivity index (χ3v) is 10.3. The molecule has 0 saturated heterocycles. The molecule has 4 saturated carbocycles. The van der Waals surface area contributed by atoms with Gasteiger partial charge in [-0.2, -0.15) is 0 Å². The van der Waals surface area contributed by atoms with Gasteiger partial charge in [0.1, 0.15) is 0 Å². The number of hydrogen-bond donors (Lipinski definition) is 0. The van der Waals surface area contributed by atoms with Crippen LogP contribution in [0.5, 0.6) is 0 Å². The van der Waals surface area contributed by atoms with Crippen molar-refractivity contribution in [3.05, 3.63) is 0 Å². The van der Waals surface area contributed by atoms with E-state index in [9.17, 15) is 0 Å². The Morgan fingerprint density at radius 3 is 2.27 bits per heavy atom. The van der Waals surface area contributed by atoms with E-state index in [4.69, 9.17) is 0 Å². The molecule has 0 aromatic heterocycles. The second-order valence-corrected chi connectivity index (χ2v) is 12.9. The fraction of sp³-hybridized carbons (Fsp3) is 1.00. The van der Waals surface area contributed by atoms with Crippen LogP contribution in [0.4, 0.5) is 0 Å². The van der Waals surface area contributed by atoms with E-state index >= 15 is 0 Å². The molecule has 26 heavy (non-hydrogen) atoms. The zero-order valence-electron chi connectivity index (χ0n) is 18.7. The second-order valence-electron chi connectivity index (χ2n) is 12.9. The van der Waals surface area contributed by atoms with E-state index in [1.165, 1.54) is 25.7 Å². The van der Waals surface area contributed by atoms with Crippen molar-refractivity contribution in [1.82, 2.24) is 0 Å². The van der Waals surface area contributed by atoms with Crippen LogP contribution in [0.3, 0.4) is 0 Å². The summed E-state index contributed by atoms with van der Waals surface area (Å²) in [6.07, 6.45) is 16.9. The second kappa shape index (κ2) is 6.52. The Bertz CT molecular complexity index is 513. The van der Waals surface area contributed by atoms with Gasteiger partial charge in [-0.25, -0.2) is 0 Å². The molecule has 0 aromatic rings. The van der Waals surface area contributed by atoms with Crippen LogP contribution in [0.15, 0.2) is 0 Å². The third kappa shape index (κ3) is 3.00. The lowest BCUT2D eigenvalue weighted by Crippen LogP contribution is -2.53. The first-order valence-electron chi connectivity index (χ1n) is 12.2. The molecule has 150 valence electrons. The maximum atomic E-state index is 2.74. The molecule has 4 aliphatic carbocycles. The van der Waals surface area contributed by atoms with Crippen LogP contribution in [0.2, 0.25) is 0 Å². The molecule has 0 heterocycles. The van der Waals surface area contributed by atoms with E-state index < -0.39 is 0 Å². The van der Waals surface area contributed by atoms with Crippen LogP contribution in [-0.4, -0.2) is 0 Å². The fourth-order valence-electron chi connectivity index (χ4n) is 9.38. The molecule has 0 bridgehead atoms. The van der Waals surface area contributed by atoms with Crippen LogP contribution in [-0.2, 0) is 0 Å². The largest absolute Gasteiger partial charge is 0.0622 e. The molecule has 8 unspecified atom stereocenters. The van der Waals surface area contributed by atoms with Gasteiger partial charge in [-0.05, 0) is 110 Å². The van der Waals surface area contributed by atoms with Gasteiger partial charge in [0.2, 0.25) is 0 Å². The molecule has 0 heteroatoms. The smallest absolute Gasteiger partial charge is 0.0264 e. The van der Waals surface area contributed by atoms with Crippen molar-refractivity contribution in [1.29, 1.82) is 0 Å². The normalized spacial score (nSPS) is 49.8. The summed E-state index contributed by atoms with van der Waals surface area (Å²) in [5, 5.41) is 0. The van der Waals surface area contributed by atoms with Crippen molar-refractivity contribution in [3.8, 4) is 0 Å². The quantitative estimate of drug-likeness (QED) is 0.467. The summed E-state index contributed by atoms with van der Waals surface area (Å²) in [6, 6.07) is 0. The number of hydrogen-bond acceptors (Lipinski definition) is 0. The summed E-state index contributed by atoms with van der Waals surface area (Å²) in [5.74, 6) is 6.15. The summed E-state index contributed by atoms with van der Waals surface area (Å²) in [7, 11) is 0. The van der Waals surface area contributed by atoms with Crippen molar-refractivity contribution in [3.63, 3.8) is 0 Å². The average molecular weight is 359 g/mol. The van der Waals surface area contributed by atoms with Crippen LogP contribution in [0.1, 0.15) is 112 Å². The van der Waals surface area contributed by atoms with Crippen LogP contribution in [0.25, 0.3) is 0 Å². The number of rotatable bonds is 2. The van der Waals surface area contributed by atoms with E-state index in [0.717, 1.165) is 35.5 Å². The first-order chi connectivity index (χ1) is 12.2. The van der Waals surface area contributed by atoms with Gasteiger partial charge in [0.15, 0.2) is 0 Å². The zero-order valence-corrected chi connectivity index (χ0v) is 18.7. The van der Waals surface area contributed by atoms with Crippen LogP contribution < -0.4 is 0 Å². The Kier molecular flexibility index (Phi) is 4.84. The topological polar surface area (TPSA) is 0 Å². The molecule has 4 fully saturated rings. The van der Waals surface area contributed by atoms with E-state index in [0.29, 0.717) is 16.2 Å². The predicted octanol–water partition coefficient (Wildman–Crippen LogP) is 8.11. The van der Waals surface area contributed by atoms with Crippen molar-refractivity contribution in [2.45, 2.75) is 112 Å². The lowest BCUT2D eigenvalue weighted by Gasteiger charge is -2.61. The summed E-state index contributed by atoms with van der Waals surface area (Å²) < 4.78 is 0. The highest BCUT2D eigenvalue weighted by Crippen LogP contribution is 2.68. The minimum Gasteiger partial charge on any atom is -0.0622 e. The Morgan fingerprint density at radius 2 is 1.54 bits per heavy atom. The monoisotopic (exact) mass is 358 g/mol. The lowest BCUT2D eigenvalue weighted by atomic mass is 9.44. The van der Waals surface area contributed by atoms with Gasteiger partial charge in [-0.15, -0.1) is 0 Å². The van der Waals surface area contributed by atoms with Gasteiger partial charge in [0.25, 0.3) is 0 Å². The Balaban J connectivity index is 1.54. The van der Waals surface area contributed by atoms with Crippen LogP contribution >= 0.6 is 0 Å². The molecule has 0 amide bonds. The average Bonchev–Trinajstić information content (AvgIpc) is 2.90. The highest BCUT2D eigenvalue weighted by molar-refractivity contribution is 5.09. The Labute approximate surface area is 164 Å². The van der Waals surface area contributed by atoms with E-state index in [1.54, 1.807) is 44.9 Å². The Hall–Kier alpha value is 0. The number of fused-ring (bicyclic) bond motifs is 5. The summed E-state index contributed by atoms with van der Waals surface area (Å²) in [4.78, 5) is 0. The van der Waals surface area contributed by atoms with Crippen LogP contribution in [0, 0.1) is 51.8 Å². The molecule has 4 aliphatic rings. The Morgan fingerprint density at radius 1 is 0.808 bits per heavy atom. The molecular weight excluding hydrogens is 312 g/mol. The van der Waals surface area contributed by atoms with E-state index in [2.05, 4.69) is 41.5 Å². The summed E-state index contributed by atoms with van der Waals surface area (Å²) in [5.41, 5.74) is 1.85. The van der Waals surface area contributed by atoms with Gasteiger partial charge < -0.3 is 0 Å². The van der Waals surface area contributed by atoms with E-state index in [-0.39, 0.29) is 0 Å². The maximum absolute atomic E-state index is 2.74. The standard InChI is InChI=1S/C26H46/c1-18(17-24(2,3)4)21-12-13-22-20-11-10-19-9-7-8-15-25(19,5)23(20)14-16-26(21,22)6/h18-23H,7-17H2,1-6H3. The van der Waals surface area contributed by atoms with Crippen molar-refractivity contribution < 1.29 is 0 Å². The van der Waals surface area contributed by atoms with Gasteiger partial charge in [0, 0.05) is 0 Å². The molecular formula is C26H46. The molecule has 4 rings (SSSR count). The van der Waals surface area contributed by atoms with Gasteiger partial charge in [0.05, 0.1) is 0 Å². The maximum Gasteiger partial charge on any atom is -0.0264 e. The molecule has 8 atom stereocenters.